The highest BCUT2D eigenvalue weighted by Gasteiger charge is 2.11. The Morgan fingerprint density at radius 3 is 2.53 bits per heavy atom. The first kappa shape index (κ1) is 26.2. The van der Waals surface area contributed by atoms with Crippen molar-refractivity contribution in [3.8, 4) is 11.5 Å². The van der Waals surface area contributed by atoms with Gasteiger partial charge in [-0.05, 0) is 49.8 Å². The highest BCUT2D eigenvalue weighted by atomic mass is 16.5. The number of rotatable bonds is 18. The van der Waals surface area contributed by atoms with Crippen molar-refractivity contribution in [1.82, 2.24) is 5.32 Å². The fourth-order valence-corrected chi connectivity index (χ4v) is 3.26. The second-order valence-electron chi connectivity index (χ2n) is 7.76. The summed E-state index contributed by atoms with van der Waals surface area (Å²) < 4.78 is 16.3. The van der Waals surface area contributed by atoms with Gasteiger partial charge in [0, 0.05) is 39.2 Å². The number of hydrogen-bond donors (Lipinski definition) is 2. The van der Waals surface area contributed by atoms with E-state index in [9.17, 15) is 4.79 Å². The molecule has 1 amide bonds. The van der Waals surface area contributed by atoms with Crippen LogP contribution in [-0.2, 0) is 16.0 Å². The Morgan fingerprint density at radius 2 is 1.80 bits per heavy atom. The van der Waals surface area contributed by atoms with E-state index in [0.717, 1.165) is 69.3 Å². The number of nitrogens with one attached hydrogen (secondary N) is 1. The van der Waals surface area contributed by atoms with Crippen LogP contribution in [0, 0.1) is 5.92 Å². The zero-order chi connectivity index (χ0) is 22.0. The molecule has 0 unspecified atom stereocenters. The maximum atomic E-state index is 12.0. The monoisotopic (exact) mass is 423 g/mol. The van der Waals surface area contributed by atoms with Crippen LogP contribution in [0.25, 0.3) is 0 Å². The molecule has 172 valence electrons. The van der Waals surface area contributed by atoms with E-state index in [0.29, 0.717) is 19.8 Å². The van der Waals surface area contributed by atoms with E-state index in [1.54, 1.807) is 14.2 Å². The first-order valence-electron chi connectivity index (χ1n) is 11.3. The second kappa shape index (κ2) is 16.9. The third-order valence-electron chi connectivity index (χ3n) is 5.16. The molecule has 0 aromatic heterocycles. The van der Waals surface area contributed by atoms with Crippen LogP contribution in [-0.4, -0.2) is 51.6 Å². The fraction of sp³-hybridized carbons (Fsp3) is 0.708. The van der Waals surface area contributed by atoms with E-state index in [1.165, 1.54) is 5.56 Å². The number of unbranched alkanes of at least 4 members (excludes halogenated alkanes) is 4. The average Bonchev–Trinajstić information content (AvgIpc) is 2.76. The lowest BCUT2D eigenvalue weighted by Crippen LogP contribution is -2.30. The molecule has 6 heteroatoms. The molecule has 1 aromatic rings. The molecule has 1 atom stereocenters. The van der Waals surface area contributed by atoms with E-state index in [1.807, 2.05) is 13.0 Å². The highest BCUT2D eigenvalue weighted by Crippen LogP contribution is 2.29. The molecule has 0 aliphatic rings. The predicted molar refractivity (Wildman–Crippen MR) is 120 cm³/mol. The Labute approximate surface area is 182 Å². The van der Waals surface area contributed by atoms with Gasteiger partial charge in [0.2, 0.25) is 5.91 Å². The van der Waals surface area contributed by atoms with Crippen LogP contribution in [0.2, 0.25) is 0 Å². The van der Waals surface area contributed by atoms with Gasteiger partial charge in [-0.15, -0.1) is 0 Å². The summed E-state index contributed by atoms with van der Waals surface area (Å²) in [7, 11) is 3.35. The second-order valence-corrected chi connectivity index (χ2v) is 7.76. The number of ether oxygens (including phenoxy) is 3. The number of aliphatic hydroxyl groups is 1. The summed E-state index contributed by atoms with van der Waals surface area (Å²) in [6.45, 7) is 4.13. The van der Waals surface area contributed by atoms with Crippen molar-refractivity contribution in [3.63, 3.8) is 0 Å². The summed E-state index contributed by atoms with van der Waals surface area (Å²) in [5.41, 5.74) is 1.26. The van der Waals surface area contributed by atoms with Crippen molar-refractivity contribution in [2.24, 2.45) is 5.92 Å². The molecule has 0 saturated heterocycles. The Bertz CT molecular complexity index is 579. The summed E-state index contributed by atoms with van der Waals surface area (Å²) in [6, 6.07) is 6.15. The van der Waals surface area contributed by atoms with E-state index in [2.05, 4.69) is 17.4 Å². The number of aryl methyl sites for hydroxylation is 1. The zero-order valence-corrected chi connectivity index (χ0v) is 19.1. The average molecular weight is 424 g/mol. The fourth-order valence-electron chi connectivity index (χ4n) is 3.26. The van der Waals surface area contributed by atoms with Crippen molar-refractivity contribution < 1.29 is 24.1 Å². The molecule has 0 aliphatic carbocycles. The first-order valence-corrected chi connectivity index (χ1v) is 11.3. The minimum atomic E-state index is 0.0542. The van der Waals surface area contributed by atoms with Crippen LogP contribution >= 0.6 is 0 Å². The lowest BCUT2D eigenvalue weighted by molar-refractivity contribution is -0.124. The number of benzene rings is 1. The number of carbonyl (C=O) groups is 1. The number of amides is 1. The molecule has 2 N–H and O–H groups in total. The molecule has 0 aliphatic heterocycles. The van der Waals surface area contributed by atoms with Gasteiger partial charge in [0.05, 0.1) is 13.7 Å². The van der Waals surface area contributed by atoms with E-state index >= 15 is 0 Å². The minimum absolute atomic E-state index is 0.0542. The molecule has 0 saturated carbocycles. The van der Waals surface area contributed by atoms with Crippen molar-refractivity contribution in [2.75, 3.05) is 40.6 Å². The van der Waals surface area contributed by atoms with Crippen LogP contribution in [0.4, 0.5) is 0 Å². The quantitative estimate of drug-likeness (QED) is 0.347. The predicted octanol–water partition coefficient (Wildman–Crippen LogP) is 4.13. The van der Waals surface area contributed by atoms with Gasteiger partial charge in [-0.25, -0.2) is 0 Å². The van der Waals surface area contributed by atoms with Gasteiger partial charge >= 0.3 is 0 Å². The molecule has 30 heavy (non-hydrogen) atoms. The van der Waals surface area contributed by atoms with Gasteiger partial charge in [-0.2, -0.15) is 0 Å². The highest BCUT2D eigenvalue weighted by molar-refractivity contribution is 5.78. The van der Waals surface area contributed by atoms with Crippen molar-refractivity contribution in [2.45, 2.75) is 64.7 Å². The number of hydrogen-bond acceptors (Lipinski definition) is 5. The van der Waals surface area contributed by atoms with Crippen molar-refractivity contribution in [3.05, 3.63) is 23.8 Å². The Morgan fingerprint density at radius 1 is 1.00 bits per heavy atom. The summed E-state index contributed by atoms with van der Waals surface area (Å²) in [6.07, 6.45) is 8.85. The van der Waals surface area contributed by atoms with Crippen molar-refractivity contribution >= 4 is 5.91 Å². The topological polar surface area (TPSA) is 77.0 Å². The summed E-state index contributed by atoms with van der Waals surface area (Å²) >= 11 is 0. The molecular formula is C24H41NO5. The van der Waals surface area contributed by atoms with Gasteiger partial charge in [0.15, 0.2) is 11.5 Å². The minimum Gasteiger partial charge on any atom is -0.493 e. The van der Waals surface area contributed by atoms with Gasteiger partial charge in [0.25, 0.3) is 0 Å². The lowest BCUT2D eigenvalue weighted by Gasteiger charge is -2.13. The summed E-state index contributed by atoms with van der Waals surface area (Å²) in [5, 5.41) is 11.7. The molecule has 1 rings (SSSR count). The maximum Gasteiger partial charge on any atom is 0.222 e. The van der Waals surface area contributed by atoms with Crippen molar-refractivity contribution in [1.29, 1.82) is 0 Å². The van der Waals surface area contributed by atoms with Crippen LogP contribution in [0.5, 0.6) is 11.5 Å². The maximum absolute atomic E-state index is 12.0. The van der Waals surface area contributed by atoms with Gasteiger partial charge < -0.3 is 24.6 Å². The first-order chi connectivity index (χ1) is 14.6. The summed E-state index contributed by atoms with van der Waals surface area (Å²) in [4.78, 5) is 12.0. The number of methoxy groups -OCH3 is 2. The van der Waals surface area contributed by atoms with Gasteiger partial charge in [-0.3, -0.25) is 4.79 Å². The Balaban J connectivity index is 2.23. The van der Waals surface area contributed by atoms with Crippen LogP contribution in [0.1, 0.15) is 63.9 Å². The smallest absolute Gasteiger partial charge is 0.222 e. The zero-order valence-electron chi connectivity index (χ0n) is 19.1. The van der Waals surface area contributed by atoms with E-state index < -0.39 is 0 Å². The van der Waals surface area contributed by atoms with E-state index in [4.69, 9.17) is 19.3 Å². The van der Waals surface area contributed by atoms with Gasteiger partial charge in [-0.1, -0.05) is 32.3 Å². The molecule has 0 fully saturated rings. The molecule has 0 bridgehead atoms. The van der Waals surface area contributed by atoms with Gasteiger partial charge in [0.1, 0.15) is 0 Å². The molecule has 1 aromatic carbocycles. The summed E-state index contributed by atoms with van der Waals surface area (Å²) in [5.74, 6) is 1.74. The lowest BCUT2D eigenvalue weighted by atomic mass is 10.00. The molecular weight excluding hydrogens is 382 g/mol. The van der Waals surface area contributed by atoms with Crippen LogP contribution in [0.3, 0.4) is 0 Å². The largest absolute Gasteiger partial charge is 0.493 e. The normalized spacial score (nSPS) is 11.9. The standard InChI is InChI=1S/C24H41NO5/c1-20(24(27)25-15-8-9-16-26)11-6-4-5-7-12-21-13-14-22(29-3)23(19-21)30-18-10-17-28-2/h13-14,19-20,26H,4-12,15-18H2,1-3H3,(H,25,27)/t20-/m1/s1. The molecule has 0 spiro atoms. The number of aliphatic hydroxyl groups excluding tert-OH is 1. The SMILES string of the molecule is COCCCOc1cc(CCCCCC[C@@H](C)C(=O)NCCCCO)ccc1OC. The Kier molecular flexibility index (Phi) is 14.8. The third kappa shape index (κ3) is 11.4. The third-order valence-corrected chi connectivity index (χ3v) is 5.16. The van der Waals surface area contributed by atoms with E-state index in [-0.39, 0.29) is 18.4 Å². The van der Waals surface area contributed by atoms with Crippen LogP contribution < -0.4 is 14.8 Å². The van der Waals surface area contributed by atoms with Crippen LogP contribution in [0.15, 0.2) is 18.2 Å². The molecule has 0 heterocycles. The Hall–Kier alpha value is -1.79. The molecule has 6 nitrogen and oxygen atoms in total. The number of carbonyl (C=O) groups excluding carboxylic acids is 1. The molecule has 0 radical (unpaired) electrons.